The lowest BCUT2D eigenvalue weighted by molar-refractivity contribution is -0.122. The van der Waals surface area contributed by atoms with Gasteiger partial charge < -0.3 is 10.1 Å². The van der Waals surface area contributed by atoms with E-state index in [-0.39, 0.29) is 11.9 Å². The number of benzene rings is 2. The van der Waals surface area contributed by atoms with Crippen LogP contribution in [-0.4, -0.2) is 37.6 Å². The van der Waals surface area contributed by atoms with E-state index in [0.717, 1.165) is 11.3 Å². The van der Waals surface area contributed by atoms with E-state index < -0.39 is 0 Å². The molecule has 0 aliphatic carbocycles. The van der Waals surface area contributed by atoms with Gasteiger partial charge in [-0.3, -0.25) is 9.69 Å². The first kappa shape index (κ1) is 19.3. The summed E-state index contributed by atoms with van der Waals surface area (Å²) in [5, 5.41) is 3.64. The van der Waals surface area contributed by atoms with Crippen molar-refractivity contribution in [3.63, 3.8) is 0 Å². The zero-order valence-electron chi connectivity index (χ0n) is 15.0. The van der Waals surface area contributed by atoms with Crippen LogP contribution in [0.5, 0.6) is 5.75 Å². The zero-order chi connectivity index (χ0) is 18.2. The van der Waals surface area contributed by atoms with E-state index in [4.69, 9.17) is 16.3 Å². The van der Waals surface area contributed by atoms with E-state index in [1.807, 2.05) is 74.3 Å². The zero-order valence-corrected chi connectivity index (χ0v) is 15.7. The van der Waals surface area contributed by atoms with Gasteiger partial charge in [0.1, 0.15) is 12.4 Å². The van der Waals surface area contributed by atoms with Crippen LogP contribution in [0.4, 0.5) is 0 Å². The molecule has 1 unspecified atom stereocenters. The topological polar surface area (TPSA) is 41.6 Å². The summed E-state index contributed by atoms with van der Waals surface area (Å²) in [6.07, 6.45) is 0. The molecule has 0 aliphatic rings. The highest BCUT2D eigenvalue weighted by atomic mass is 35.5. The summed E-state index contributed by atoms with van der Waals surface area (Å²) >= 11 is 6.17. The van der Waals surface area contributed by atoms with Crippen molar-refractivity contribution in [2.75, 3.05) is 26.7 Å². The van der Waals surface area contributed by atoms with E-state index in [1.165, 1.54) is 5.56 Å². The molecule has 0 radical (unpaired) electrons. The number of carbonyl (C=O) groups is 1. The van der Waals surface area contributed by atoms with Crippen molar-refractivity contribution in [3.05, 3.63) is 64.7 Å². The molecule has 1 atom stereocenters. The normalized spacial score (nSPS) is 12.0. The van der Waals surface area contributed by atoms with Crippen LogP contribution in [0.1, 0.15) is 24.1 Å². The van der Waals surface area contributed by atoms with Gasteiger partial charge in [-0.15, -0.1) is 0 Å². The minimum absolute atomic E-state index is 0.0366. The predicted molar refractivity (Wildman–Crippen MR) is 102 cm³/mol. The largest absolute Gasteiger partial charge is 0.492 e. The van der Waals surface area contributed by atoms with Crippen molar-refractivity contribution in [3.8, 4) is 5.75 Å². The summed E-state index contributed by atoms with van der Waals surface area (Å²) in [5.41, 5.74) is 2.08. The summed E-state index contributed by atoms with van der Waals surface area (Å²) in [7, 11) is 1.90. The molecule has 0 saturated heterocycles. The Labute approximate surface area is 154 Å². The molecule has 0 bridgehead atoms. The van der Waals surface area contributed by atoms with Gasteiger partial charge in [-0.2, -0.15) is 0 Å². The van der Waals surface area contributed by atoms with Crippen LogP contribution in [0.25, 0.3) is 0 Å². The Morgan fingerprint density at radius 2 is 2.00 bits per heavy atom. The molecular weight excluding hydrogens is 336 g/mol. The number of halogens is 1. The van der Waals surface area contributed by atoms with Gasteiger partial charge in [0.2, 0.25) is 5.91 Å². The van der Waals surface area contributed by atoms with Crippen molar-refractivity contribution in [2.45, 2.75) is 19.9 Å². The van der Waals surface area contributed by atoms with E-state index in [0.29, 0.717) is 24.7 Å². The van der Waals surface area contributed by atoms with Gasteiger partial charge in [-0.25, -0.2) is 0 Å². The Morgan fingerprint density at radius 3 is 2.72 bits per heavy atom. The minimum atomic E-state index is -0.127. The fourth-order valence-corrected chi connectivity index (χ4v) is 2.84. The van der Waals surface area contributed by atoms with Crippen molar-refractivity contribution >= 4 is 17.5 Å². The Morgan fingerprint density at radius 1 is 1.24 bits per heavy atom. The van der Waals surface area contributed by atoms with Crippen LogP contribution in [0, 0.1) is 6.92 Å². The van der Waals surface area contributed by atoms with Crippen molar-refractivity contribution in [1.29, 1.82) is 0 Å². The molecule has 0 heterocycles. The number of nitrogens with zero attached hydrogens (tertiary/aromatic N) is 1. The van der Waals surface area contributed by atoms with Gasteiger partial charge in [0.05, 0.1) is 12.6 Å². The Balaban J connectivity index is 1.73. The summed E-state index contributed by atoms with van der Waals surface area (Å²) in [6, 6.07) is 15.4. The maximum atomic E-state index is 12.2. The molecule has 2 rings (SSSR count). The molecule has 0 saturated carbocycles. The molecule has 1 N–H and O–H groups in total. The highest BCUT2D eigenvalue weighted by molar-refractivity contribution is 6.31. The lowest BCUT2D eigenvalue weighted by Gasteiger charge is -2.20. The fraction of sp³-hybridized carbons (Fsp3) is 0.350. The van der Waals surface area contributed by atoms with Gasteiger partial charge in [0.25, 0.3) is 0 Å². The lowest BCUT2D eigenvalue weighted by Crippen LogP contribution is -2.38. The van der Waals surface area contributed by atoms with Gasteiger partial charge in [-0.1, -0.05) is 41.9 Å². The number of hydrogen-bond acceptors (Lipinski definition) is 3. The molecule has 134 valence electrons. The standard InChI is InChI=1S/C20H25ClN2O2/c1-15-7-6-8-17(13-15)25-12-11-23(3)14-20(24)22-16(2)18-9-4-5-10-19(18)21/h4-10,13,16H,11-12,14H2,1-3H3,(H,22,24). The summed E-state index contributed by atoms with van der Waals surface area (Å²) in [5.74, 6) is 0.815. The highest BCUT2D eigenvalue weighted by Crippen LogP contribution is 2.21. The van der Waals surface area contributed by atoms with E-state index in [1.54, 1.807) is 0 Å². The molecule has 2 aromatic carbocycles. The summed E-state index contributed by atoms with van der Waals surface area (Å²) in [6.45, 7) is 5.48. The SMILES string of the molecule is Cc1cccc(OCCN(C)CC(=O)NC(C)c2ccccc2Cl)c1. The molecular formula is C20H25ClN2O2. The number of nitrogens with one attached hydrogen (secondary N) is 1. The number of hydrogen-bond donors (Lipinski definition) is 1. The monoisotopic (exact) mass is 360 g/mol. The van der Waals surface area contributed by atoms with Crippen LogP contribution in [-0.2, 0) is 4.79 Å². The number of amides is 1. The molecule has 0 aromatic heterocycles. The molecule has 25 heavy (non-hydrogen) atoms. The van der Waals surface area contributed by atoms with Gasteiger partial charge >= 0.3 is 0 Å². The van der Waals surface area contributed by atoms with Crippen LogP contribution < -0.4 is 10.1 Å². The Hall–Kier alpha value is -2.04. The number of carbonyl (C=O) groups excluding carboxylic acids is 1. The number of likely N-dealkylation sites (N-methyl/N-ethyl adjacent to an activating group) is 1. The van der Waals surface area contributed by atoms with Crippen LogP contribution in [0.15, 0.2) is 48.5 Å². The lowest BCUT2D eigenvalue weighted by atomic mass is 10.1. The highest BCUT2D eigenvalue weighted by Gasteiger charge is 2.13. The van der Waals surface area contributed by atoms with Crippen LogP contribution >= 0.6 is 11.6 Å². The fourth-order valence-electron chi connectivity index (χ4n) is 2.54. The molecule has 5 heteroatoms. The van der Waals surface area contributed by atoms with Crippen LogP contribution in [0.3, 0.4) is 0 Å². The second kappa shape index (κ2) is 9.44. The third-order valence-electron chi connectivity index (χ3n) is 3.89. The van der Waals surface area contributed by atoms with Gasteiger partial charge in [0, 0.05) is 11.6 Å². The van der Waals surface area contributed by atoms with Crippen molar-refractivity contribution < 1.29 is 9.53 Å². The second-order valence-electron chi connectivity index (χ2n) is 6.21. The number of ether oxygens (including phenoxy) is 1. The second-order valence-corrected chi connectivity index (χ2v) is 6.62. The first-order valence-electron chi connectivity index (χ1n) is 8.37. The molecule has 1 amide bonds. The quantitative estimate of drug-likeness (QED) is 0.777. The molecule has 2 aromatic rings. The minimum Gasteiger partial charge on any atom is -0.492 e. The maximum absolute atomic E-state index is 12.2. The van der Waals surface area contributed by atoms with Crippen molar-refractivity contribution in [1.82, 2.24) is 10.2 Å². The Bertz CT molecular complexity index is 706. The summed E-state index contributed by atoms with van der Waals surface area (Å²) in [4.78, 5) is 14.1. The van der Waals surface area contributed by atoms with E-state index in [9.17, 15) is 4.79 Å². The predicted octanol–water partition coefficient (Wildman–Crippen LogP) is 3.84. The first-order valence-corrected chi connectivity index (χ1v) is 8.75. The maximum Gasteiger partial charge on any atom is 0.234 e. The molecule has 0 spiro atoms. The Kier molecular flexibility index (Phi) is 7.29. The number of rotatable bonds is 8. The molecule has 4 nitrogen and oxygen atoms in total. The van der Waals surface area contributed by atoms with E-state index in [2.05, 4.69) is 5.32 Å². The number of aryl methyl sites for hydroxylation is 1. The van der Waals surface area contributed by atoms with Gasteiger partial charge in [-0.05, 0) is 50.2 Å². The third kappa shape index (κ3) is 6.40. The van der Waals surface area contributed by atoms with E-state index >= 15 is 0 Å². The van der Waals surface area contributed by atoms with Crippen LogP contribution in [0.2, 0.25) is 5.02 Å². The average Bonchev–Trinajstić information content (AvgIpc) is 2.55. The third-order valence-corrected chi connectivity index (χ3v) is 4.24. The first-order chi connectivity index (χ1) is 12.0. The smallest absolute Gasteiger partial charge is 0.234 e. The average molecular weight is 361 g/mol. The summed E-state index contributed by atoms with van der Waals surface area (Å²) < 4.78 is 5.71. The molecule has 0 aliphatic heterocycles. The van der Waals surface area contributed by atoms with Gasteiger partial charge in [0.15, 0.2) is 0 Å². The van der Waals surface area contributed by atoms with Crippen molar-refractivity contribution in [2.24, 2.45) is 0 Å². The molecule has 0 fully saturated rings.